The average molecular weight is 552 g/mol. The second-order valence-corrected chi connectivity index (χ2v) is 16.1. The number of anilines is 1. The van der Waals surface area contributed by atoms with Gasteiger partial charge in [0.15, 0.2) is 13.5 Å². The third-order valence-electron chi connectivity index (χ3n) is 5.37. The largest absolute Gasteiger partial charge is 0.382 e. The number of hydrogen-bond donors (Lipinski definition) is 1. The zero-order chi connectivity index (χ0) is 26.3. The molecule has 0 aromatic carbocycles. The molecule has 1 atom stereocenters. The summed E-state index contributed by atoms with van der Waals surface area (Å²) in [4.78, 5) is 29.3. The molecule has 15 heteroatoms. The Morgan fingerprint density at radius 2 is 1.89 bits per heavy atom. The summed E-state index contributed by atoms with van der Waals surface area (Å²) in [5.74, 6) is 0.00986. The van der Waals surface area contributed by atoms with E-state index in [9.17, 15) is 9.36 Å². The standard InChI is InChI=1S/C20H35ClN5O7PSi/c1-8-30-34(28,31-9-2)14-29-11-10-15(33-35(6,7)20(3,4)5)32-26-12-22-16-17(21)24-19(23-13-27)25-18(16)26/h12-13,15H,8-11,14H2,1-7H3,(H,23,24,25,27). The minimum atomic E-state index is -3.33. The summed E-state index contributed by atoms with van der Waals surface area (Å²) in [6.45, 7) is 14.7. The van der Waals surface area contributed by atoms with Gasteiger partial charge in [0.2, 0.25) is 24.3 Å². The average Bonchev–Trinajstić information content (AvgIpc) is 3.14. The van der Waals surface area contributed by atoms with Gasteiger partial charge in [-0.25, -0.2) is 4.98 Å². The number of aromatic nitrogens is 4. The molecule has 0 fully saturated rings. The minimum absolute atomic E-state index is 0.00986. The molecule has 0 bridgehead atoms. The SMILES string of the molecule is CCOP(=O)(COCCC(On1cnc2c(Cl)nc(NC=O)nc21)O[Si](C)(C)C(C)(C)C)OCC. The number of nitrogens with one attached hydrogen (secondary N) is 1. The summed E-state index contributed by atoms with van der Waals surface area (Å²) in [6, 6.07) is 0. The van der Waals surface area contributed by atoms with Crippen LogP contribution in [0.4, 0.5) is 5.95 Å². The molecule has 0 spiro atoms. The van der Waals surface area contributed by atoms with Crippen LogP contribution in [0.15, 0.2) is 6.33 Å². The van der Waals surface area contributed by atoms with Gasteiger partial charge in [-0.2, -0.15) is 9.97 Å². The van der Waals surface area contributed by atoms with Crippen molar-refractivity contribution in [3.63, 3.8) is 0 Å². The summed E-state index contributed by atoms with van der Waals surface area (Å²) in [7, 11) is -5.59. The zero-order valence-electron chi connectivity index (χ0n) is 21.2. The van der Waals surface area contributed by atoms with Gasteiger partial charge in [0.25, 0.3) is 0 Å². The van der Waals surface area contributed by atoms with Gasteiger partial charge < -0.3 is 23.0 Å². The number of carbonyl (C=O) groups excluding carboxylic acids is 1. The maximum absolute atomic E-state index is 12.6. The van der Waals surface area contributed by atoms with Crippen LogP contribution in [0.3, 0.4) is 0 Å². The van der Waals surface area contributed by atoms with Gasteiger partial charge in [0.1, 0.15) is 18.2 Å². The van der Waals surface area contributed by atoms with Crippen molar-refractivity contribution >= 4 is 51.0 Å². The molecule has 2 aromatic rings. The van der Waals surface area contributed by atoms with Crippen molar-refractivity contribution in [2.24, 2.45) is 0 Å². The van der Waals surface area contributed by atoms with E-state index in [1.807, 2.05) is 0 Å². The van der Waals surface area contributed by atoms with Crippen LogP contribution in [0.1, 0.15) is 41.0 Å². The van der Waals surface area contributed by atoms with E-state index in [-0.39, 0.29) is 48.0 Å². The summed E-state index contributed by atoms with van der Waals surface area (Å²) < 4.78 is 36.6. The lowest BCUT2D eigenvalue weighted by Crippen LogP contribution is -2.47. The second kappa shape index (κ2) is 12.6. The topological polar surface area (TPSA) is 136 Å². The molecule has 0 saturated carbocycles. The van der Waals surface area contributed by atoms with E-state index in [0.717, 1.165) is 0 Å². The summed E-state index contributed by atoms with van der Waals surface area (Å²) in [6.07, 6.45) is 1.23. The molecule has 2 heterocycles. The van der Waals surface area contributed by atoms with Crippen molar-refractivity contribution < 1.29 is 32.4 Å². The maximum Gasteiger partial charge on any atom is 0.356 e. The Hall–Kier alpha value is -1.60. The van der Waals surface area contributed by atoms with E-state index in [2.05, 4.69) is 54.1 Å². The number of hydrogen-bond acceptors (Lipinski definition) is 10. The van der Waals surface area contributed by atoms with Gasteiger partial charge in [0.05, 0.1) is 19.8 Å². The molecule has 0 saturated heterocycles. The summed E-state index contributed by atoms with van der Waals surface area (Å²) in [5, 5.41) is 2.35. The van der Waals surface area contributed by atoms with Crippen molar-refractivity contribution in [2.75, 3.05) is 31.5 Å². The van der Waals surface area contributed by atoms with Gasteiger partial charge in [-0.1, -0.05) is 32.4 Å². The fraction of sp³-hybridized carbons (Fsp3) is 0.700. The number of amides is 1. The molecule has 1 amide bonds. The third kappa shape index (κ3) is 8.21. The van der Waals surface area contributed by atoms with Gasteiger partial charge in [0, 0.05) is 6.42 Å². The van der Waals surface area contributed by atoms with Crippen LogP contribution in [-0.4, -0.2) is 66.9 Å². The van der Waals surface area contributed by atoms with Crippen LogP contribution in [-0.2, 0) is 27.6 Å². The molecule has 0 aliphatic rings. The normalized spacial score (nSPS) is 13.7. The first-order valence-corrected chi connectivity index (χ1v) is 16.3. The highest BCUT2D eigenvalue weighted by Crippen LogP contribution is 2.47. The van der Waals surface area contributed by atoms with Crippen molar-refractivity contribution in [3.05, 3.63) is 11.5 Å². The van der Waals surface area contributed by atoms with Gasteiger partial charge in [-0.05, 0) is 32.0 Å². The first-order valence-electron chi connectivity index (χ1n) is 11.3. The van der Waals surface area contributed by atoms with E-state index in [1.165, 1.54) is 11.1 Å². The molecule has 198 valence electrons. The minimum Gasteiger partial charge on any atom is -0.382 e. The van der Waals surface area contributed by atoms with E-state index in [0.29, 0.717) is 18.3 Å². The molecule has 0 aliphatic heterocycles. The van der Waals surface area contributed by atoms with Crippen LogP contribution < -0.4 is 10.2 Å². The summed E-state index contributed by atoms with van der Waals surface area (Å²) in [5.41, 5.74) is 0.566. The van der Waals surface area contributed by atoms with Crippen LogP contribution in [0, 0.1) is 0 Å². The number of halogens is 1. The third-order valence-corrected chi connectivity index (χ3v) is 11.9. The van der Waals surface area contributed by atoms with Gasteiger partial charge in [-0.3, -0.25) is 14.7 Å². The van der Waals surface area contributed by atoms with Crippen LogP contribution >= 0.6 is 19.2 Å². The molecule has 35 heavy (non-hydrogen) atoms. The molecule has 0 aliphatic carbocycles. The van der Waals surface area contributed by atoms with Crippen LogP contribution in [0.5, 0.6) is 0 Å². The molecule has 2 rings (SSSR count). The lowest BCUT2D eigenvalue weighted by atomic mass is 10.2. The predicted molar refractivity (Wildman–Crippen MR) is 135 cm³/mol. The highest BCUT2D eigenvalue weighted by atomic mass is 35.5. The molecule has 1 unspecified atom stereocenters. The van der Waals surface area contributed by atoms with Crippen LogP contribution in [0.2, 0.25) is 23.3 Å². The number of rotatable bonds is 15. The van der Waals surface area contributed by atoms with Crippen LogP contribution in [0.25, 0.3) is 11.2 Å². The quantitative estimate of drug-likeness (QED) is 0.0843. The molecular formula is C20H35ClN5O7PSi. The Morgan fingerprint density at radius 3 is 2.46 bits per heavy atom. The first-order chi connectivity index (χ1) is 16.4. The maximum atomic E-state index is 12.6. The lowest BCUT2D eigenvalue weighted by Gasteiger charge is -2.38. The van der Waals surface area contributed by atoms with Crippen molar-refractivity contribution in [1.29, 1.82) is 0 Å². The fourth-order valence-corrected chi connectivity index (χ4v) is 5.41. The monoisotopic (exact) mass is 551 g/mol. The number of ether oxygens (including phenoxy) is 1. The number of carbonyl (C=O) groups is 1. The van der Waals surface area contributed by atoms with Crippen molar-refractivity contribution in [1.82, 2.24) is 19.7 Å². The number of nitrogens with zero attached hydrogens (tertiary/aromatic N) is 4. The zero-order valence-corrected chi connectivity index (χ0v) is 23.9. The molecule has 0 radical (unpaired) electrons. The predicted octanol–water partition coefficient (Wildman–Crippen LogP) is 4.45. The molecular weight excluding hydrogens is 517 g/mol. The lowest BCUT2D eigenvalue weighted by molar-refractivity contribution is -0.105. The van der Waals surface area contributed by atoms with Gasteiger partial charge in [-0.15, -0.1) is 4.73 Å². The second-order valence-electron chi connectivity index (χ2n) is 9.03. The van der Waals surface area contributed by atoms with Gasteiger partial charge >= 0.3 is 7.60 Å². The Labute approximate surface area is 211 Å². The molecule has 12 nitrogen and oxygen atoms in total. The Morgan fingerprint density at radius 1 is 1.23 bits per heavy atom. The van der Waals surface area contributed by atoms with E-state index >= 15 is 0 Å². The van der Waals surface area contributed by atoms with E-state index in [1.54, 1.807) is 13.8 Å². The number of fused-ring (bicyclic) bond motifs is 1. The highest BCUT2D eigenvalue weighted by molar-refractivity contribution is 7.53. The first kappa shape index (κ1) is 29.6. The van der Waals surface area contributed by atoms with Crippen molar-refractivity contribution in [2.45, 2.75) is 65.5 Å². The van der Waals surface area contributed by atoms with E-state index in [4.69, 9.17) is 34.6 Å². The van der Waals surface area contributed by atoms with E-state index < -0.39 is 22.2 Å². The molecule has 1 N–H and O–H groups in total. The number of imidazole rings is 1. The Balaban J connectivity index is 2.22. The highest BCUT2D eigenvalue weighted by Gasteiger charge is 2.40. The Kier molecular flexibility index (Phi) is 10.6. The smallest absolute Gasteiger partial charge is 0.356 e. The summed E-state index contributed by atoms with van der Waals surface area (Å²) >= 11 is 6.18. The fourth-order valence-electron chi connectivity index (χ4n) is 2.67. The molecule has 2 aromatic heterocycles. The van der Waals surface area contributed by atoms with Crippen molar-refractivity contribution in [3.8, 4) is 0 Å². The Bertz CT molecular complexity index is 1020.